The Bertz CT molecular complexity index is 2760. The van der Waals surface area contributed by atoms with Crippen molar-refractivity contribution in [3.05, 3.63) is 200 Å². The van der Waals surface area contributed by atoms with Crippen molar-refractivity contribution in [1.29, 1.82) is 0 Å². The molecule has 19 heteroatoms. The van der Waals surface area contributed by atoms with Crippen LogP contribution >= 0.6 is 23.2 Å². The SMILES string of the molecule is NCC(=O)c1ccc(CN(C(=O)COCc2ccccc2)c2ccc(F)c(Cl)c2)c(F)c1.O=C(CNC(=O)C(F)F)c1ccc(CN(C(=O)COCc2ccccc2)c2ccc(F)c(Cl)c2)c(F)c1. The molecule has 69 heavy (non-hydrogen) atoms. The van der Waals surface area contributed by atoms with Crippen LogP contribution in [-0.2, 0) is 50.2 Å². The number of alkyl halides is 2. The molecule has 0 aliphatic rings. The molecule has 6 rings (SSSR count). The molecule has 0 atom stereocenters. The summed E-state index contributed by atoms with van der Waals surface area (Å²) in [6.45, 7) is -1.74. The average Bonchev–Trinajstić information content (AvgIpc) is 3.34. The highest BCUT2D eigenvalue weighted by Gasteiger charge is 2.23. The molecule has 6 aromatic rings. The van der Waals surface area contributed by atoms with Gasteiger partial charge in [-0.25, -0.2) is 17.6 Å². The van der Waals surface area contributed by atoms with Gasteiger partial charge in [-0.15, -0.1) is 0 Å². The third kappa shape index (κ3) is 15.8. The van der Waals surface area contributed by atoms with Crippen molar-refractivity contribution >= 4 is 63.9 Å². The Morgan fingerprint density at radius 3 is 1.35 bits per heavy atom. The molecule has 0 spiro atoms. The second-order valence-electron chi connectivity index (χ2n) is 14.8. The van der Waals surface area contributed by atoms with Crippen LogP contribution in [0.3, 0.4) is 0 Å². The van der Waals surface area contributed by atoms with Crippen LogP contribution in [0.4, 0.5) is 37.7 Å². The lowest BCUT2D eigenvalue weighted by atomic mass is 10.1. The van der Waals surface area contributed by atoms with Crippen LogP contribution in [0.25, 0.3) is 0 Å². The number of nitrogens with zero attached hydrogens (tertiary/aromatic N) is 2. The van der Waals surface area contributed by atoms with Gasteiger partial charge in [-0.1, -0.05) is 108 Å². The van der Waals surface area contributed by atoms with Crippen LogP contribution in [0.1, 0.15) is 43.0 Å². The molecular weight excluding hydrogens is 953 g/mol. The monoisotopic (exact) mass is 994 g/mol. The van der Waals surface area contributed by atoms with Gasteiger partial charge >= 0.3 is 6.43 Å². The van der Waals surface area contributed by atoms with E-state index in [4.69, 9.17) is 38.4 Å². The second kappa shape index (κ2) is 26.0. The number of ether oxygens (including phenoxy) is 2. The van der Waals surface area contributed by atoms with E-state index in [1.807, 2.05) is 60.7 Å². The summed E-state index contributed by atoms with van der Waals surface area (Å²) in [7, 11) is 0. The van der Waals surface area contributed by atoms with Gasteiger partial charge in [0.2, 0.25) is 0 Å². The van der Waals surface area contributed by atoms with Gasteiger partial charge in [0.15, 0.2) is 11.6 Å². The maximum Gasteiger partial charge on any atom is 0.315 e. The van der Waals surface area contributed by atoms with E-state index in [1.165, 1.54) is 53.4 Å². The highest BCUT2D eigenvalue weighted by atomic mass is 35.5. The number of anilines is 2. The number of carbonyl (C=O) groups is 5. The molecule has 0 aromatic heterocycles. The number of halogens is 8. The summed E-state index contributed by atoms with van der Waals surface area (Å²) in [6.07, 6.45) is -3.29. The van der Waals surface area contributed by atoms with Crippen molar-refractivity contribution in [3.63, 3.8) is 0 Å². The first kappa shape index (κ1) is 53.1. The summed E-state index contributed by atoms with van der Waals surface area (Å²) in [5.74, 6) is -6.70. The maximum absolute atomic E-state index is 14.9. The number of carbonyl (C=O) groups excluding carboxylic acids is 5. The number of amides is 3. The third-order valence-corrected chi connectivity index (χ3v) is 10.5. The molecule has 0 aliphatic heterocycles. The van der Waals surface area contributed by atoms with E-state index in [9.17, 15) is 50.3 Å². The Hall–Kier alpha value is -6.89. The lowest BCUT2D eigenvalue weighted by Gasteiger charge is -2.24. The fourth-order valence-corrected chi connectivity index (χ4v) is 6.62. The molecule has 3 amide bonds. The first-order chi connectivity index (χ1) is 33.0. The number of ketones is 2. The Labute approximate surface area is 402 Å². The highest BCUT2D eigenvalue weighted by molar-refractivity contribution is 6.31. The molecule has 3 N–H and O–H groups in total. The summed E-state index contributed by atoms with van der Waals surface area (Å²) in [5.41, 5.74) is 7.67. The number of Topliss-reactive ketones (excluding diaryl/α,β-unsaturated/α-hetero) is 2. The lowest BCUT2D eigenvalue weighted by Crippen LogP contribution is -2.34. The van der Waals surface area contributed by atoms with E-state index in [0.29, 0.717) is 0 Å². The Morgan fingerprint density at radius 2 is 0.971 bits per heavy atom. The quantitative estimate of drug-likeness (QED) is 0.0568. The summed E-state index contributed by atoms with van der Waals surface area (Å²) < 4.78 is 92.5. The molecule has 0 aliphatic carbocycles. The van der Waals surface area contributed by atoms with Crippen LogP contribution in [0, 0.1) is 23.3 Å². The fourth-order valence-electron chi connectivity index (χ4n) is 6.27. The first-order valence-corrected chi connectivity index (χ1v) is 21.4. The van der Waals surface area contributed by atoms with Gasteiger partial charge in [-0.2, -0.15) is 8.78 Å². The fraction of sp³-hybridized carbons (Fsp3) is 0.180. The van der Waals surface area contributed by atoms with E-state index >= 15 is 0 Å². The topological polar surface area (TPSA) is 148 Å². The predicted octanol–water partition coefficient (Wildman–Crippen LogP) is 9.44. The first-order valence-electron chi connectivity index (χ1n) is 20.7. The van der Waals surface area contributed by atoms with Crippen LogP contribution in [0.2, 0.25) is 10.0 Å². The zero-order chi connectivity index (χ0) is 50.0. The van der Waals surface area contributed by atoms with Gasteiger partial charge in [0.05, 0.1) is 49.4 Å². The van der Waals surface area contributed by atoms with Crippen molar-refractivity contribution in [2.45, 2.75) is 32.7 Å². The van der Waals surface area contributed by atoms with Gasteiger partial charge in [0.25, 0.3) is 17.7 Å². The minimum Gasteiger partial charge on any atom is -0.367 e. The number of rotatable bonds is 20. The zero-order valence-corrected chi connectivity index (χ0v) is 37.8. The summed E-state index contributed by atoms with van der Waals surface area (Å²) >= 11 is 11.8. The molecule has 0 heterocycles. The van der Waals surface area contributed by atoms with Crippen LogP contribution < -0.4 is 20.9 Å². The van der Waals surface area contributed by atoms with E-state index in [-0.39, 0.29) is 89.7 Å². The van der Waals surface area contributed by atoms with Gasteiger partial charge in [0.1, 0.15) is 36.5 Å². The molecule has 0 saturated heterocycles. The molecule has 0 bridgehead atoms. The number of nitrogens with two attached hydrogens (primary N) is 1. The van der Waals surface area contributed by atoms with E-state index in [2.05, 4.69) is 0 Å². The normalized spacial score (nSPS) is 10.8. The summed E-state index contributed by atoms with van der Waals surface area (Å²) in [4.78, 5) is 63.1. The minimum absolute atomic E-state index is 0.00465. The van der Waals surface area contributed by atoms with Gasteiger partial charge in [-0.05, 0) is 59.7 Å². The van der Waals surface area contributed by atoms with Crippen LogP contribution in [0.15, 0.2) is 133 Å². The molecular formula is C50H42Cl2F6N4O7. The van der Waals surface area contributed by atoms with Gasteiger partial charge in [-0.3, -0.25) is 24.0 Å². The van der Waals surface area contributed by atoms with E-state index in [0.717, 1.165) is 40.3 Å². The summed E-state index contributed by atoms with van der Waals surface area (Å²) in [5, 5.41) is 1.34. The Morgan fingerprint density at radius 1 is 0.551 bits per heavy atom. The molecule has 11 nitrogen and oxygen atoms in total. The van der Waals surface area contributed by atoms with Gasteiger partial charge in [0, 0.05) is 33.6 Å². The Kier molecular flexibility index (Phi) is 20.0. The molecule has 360 valence electrons. The molecule has 0 saturated carbocycles. The second-order valence-corrected chi connectivity index (χ2v) is 15.6. The Balaban J connectivity index is 0.000000260. The van der Waals surface area contributed by atoms with Gasteiger partial charge < -0.3 is 30.3 Å². The van der Waals surface area contributed by atoms with Crippen molar-refractivity contribution in [1.82, 2.24) is 5.32 Å². The van der Waals surface area contributed by atoms with Crippen molar-refractivity contribution in [2.75, 3.05) is 36.1 Å². The molecule has 6 aromatic carbocycles. The summed E-state index contributed by atoms with van der Waals surface area (Å²) in [6, 6.07) is 33.1. The predicted molar refractivity (Wildman–Crippen MR) is 247 cm³/mol. The van der Waals surface area contributed by atoms with Crippen LogP contribution in [0.5, 0.6) is 0 Å². The van der Waals surface area contributed by atoms with Crippen molar-refractivity contribution in [2.24, 2.45) is 5.73 Å². The van der Waals surface area contributed by atoms with E-state index < -0.39 is 65.5 Å². The number of hydrogen-bond donors (Lipinski definition) is 2. The minimum atomic E-state index is -3.29. The standard InChI is InChI=1S/C26H21ClF4N2O4.C24H21ClF2N2O3/c27-20-11-19(8-9-21(20)28)33(24(35)15-37-14-16-4-2-1-3-5-16)13-18-7-6-17(10-22(18)29)23(34)12-32-26(36)25(30)31;25-20-11-19(8-9-21(20)26)29(24(31)15-32-14-16-4-2-1-3-5-16)13-18-7-6-17(10-22(18)27)23(30)12-28/h1-11,25H,12-15H2,(H,32,36);1-11H,12-15,28H2. The zero-order valence-electron chi connectivity index (χ0n) is 36.3. The molecule has 0 radical (unpaired) electrons. The average molecular weight is 996 g/mol. The third-order valence-electron chi connectivity index (χ3n) is 9.92. The van der Waals surface area contributed by atoms with Crippen molar-refractivity contribution in [3.8, 4) is 0 Å². The van der Waals surface area contributed by atoms with E-state index in [1.54, 1.807) is 5.32 Å². The number of nitrogens with one attached hydrogen (secondary N) is 1. The number of benzene rings is 6. The molecule has 0 unspecified atom stereocenters. The maximum atomic E-state index is 14.9. The largest absolute Gasteiger partial charge is 0.367 e. The molecule has 0 fully saturated rings. The highest BCUT2D eigenvalue weighted by Crippen LogP contribution is 2.27. The van der Waals surface area contributed by atoms with Crippen molar-refractivity contribution < 1.29 is 59.8 Å². The van der Waals surface area contributed by atoms with Crippen LogP contribution in [-0.4, -0.2) is 62.0 Å². The number of hydrogen-bond acceptors (Lipinski definition) is 8. The lowest BCUT2D eigenvalue weighted by molar-refractivity contribution is -0.131. The smallest absolute Gasteiger partial charge is 0.315 e.